The molecule has 3 aromatic rings. The number of carbonyl (C=O) groups excluding carboxylic acids is 1. The predicted molar refractivity (Wildman–Crippen MR) is 99.6 cm³/mol. The normalized spacial score (nSPS) is 15.6. The molecule has 0 fully saturated rings. The summed E-state index contributed by atoms with van der Waals surface area (Å²) >= 11 is 0. The van der Waals surface area contributed by atoms with Crippen molar-refractivity contribution in [3.8, 4) is 0 Å². The minimum Gasteiger partial charge on any atom is -0.347 e. The number of nitrogens with one attached hydrogen (secondary N) is 1. The van der Waals surface area contributed by atoms with Gasteiger partial charge in [0.1, 0.15) is 0 Å². The maximum absolute atomic E-state index is 12.6. The SMILES string of the molecule is CCC(NC(=O)CN1CCc2ccccc2C1)c1cn2cccnc2n1. The number of fused-ring (bicyclic) bond motifs is 2. The maximum Gasteiger partial charge on any atom is 0.234 e. The monoisotopic (exact) mass is 349 g/mol. The van der Waals surface area contributed by atoms with Crippen molar-refractivity contribution in [3.05, 3.63) is 65.7 Å². The lowest BCUT2D eigenvalue weighted by Gasteiger charge is -2.28. The van der Waals surface area contributed by atoms with Crippen molar-refractivity contribution in [2.75, 3.05) is 13.1 Å². The molecule has 1 atom stereocenters. The summed E-state index contributed by atoms with van der Waals surface area (Å²) in [6.07, 6.45) is 7.36. The van der Waals surface area contributed by atoms with Crippen LogP contribution in [-0.2, 0) is 17.8 Å². The van der Waals surface area contributed by atoms with E-state index in [9.17, 15) is 4.79 Å². The second kappa shape index (κ2) is 7.25. The number of benzene rings is 1. The van der Waals surface area contributed by atoms with Crippen LogP contribution in [0.1, 0.15) is 36.2 Å². The van der Waals surface area contributed by atoms with Crippen LogP contribution in [0.25, 0.3) is 5.78 Å². The van der Waals surface area contributed by atoms with Gasteiger partial charge in [0.2, 0.25) is 11.7 Å². The van der Waals surface area contributed by atoms with Gasteiger partial charge in [0, 0.05) is 31.7 Å². The zero-order chi connectivity index (χ0) is 17.9. The molecule has 0 aliphatic carbocycles. The third kappa shape index (κ3) is 3.46. The number of amides is 1. The van der Waals surface area contributed by atoms with Gasteiger partial charge in [0.05, 0.1) is 18.3 Å². The van der Waals surface area contributed by atoms with Gasteiger partial charge in [-0.15, -0.1) is 0 Å². The molecule has 1 N–H and O–H groups in total. The minimum atomic E-state index is -0.0960. The van der Waals surface area contributed by atoms with Crippen molar-refractivity contribution in [3.63, 3.8) is 0 Å². The third-order valence-corrected chi connectivity index (χ3v) is 4.93. The summed E-state index contributed by atoms with van der Waals surface area (Å²) < 4.78 is 1.88. The van der Waals surface area contributed by atoms with E-state index in [2.05, 4.69) is 51.4 Å². The van der Waals surface area contributed by atoms with Crippen molar-refractivity contribution in [1.29, 1.82) is 0 Å². The quantitative estimate of drug-likeness (QED) is 0.768. The minimum absolute atomic E-state index is 0.0428. The summed E-state index contributed by atoms with van der Waals surface area (Å²) in [5.74, 6) is 0.698. The van der Waals surface area contributed by atoms with E-state index in [1.54, 1.807) is 6.20 Å². The highest BCUT2D eigenvalue weighted by atomic mass is 16.2. The fourth-order valence-corrected chi connectivity index (χ4v) is 3.53. The molecular formula is C20H23N5O. The Kier molecular flexibility index (Phi) is 4.67. The fourth-order valence-electron chi connectivity index (χ4n) is 3.53. The zero-order valence-electron chi connectivity index (χ0n) is 14.9. The van der Waals surface area contributed by atoms with Crippen LogP contribution >= 0.6 is 0 Å². The fraction of sp³-hybridized carbons (Fsp3) is 0.350. The highest BCUT2D eigenvalue weighted by Gasteiger charge is 2.21. The Balaban J connectivity index is 1.40. The number of imidazole rings is 1. The van der Waals surface area contributed by atoms with E-state index >= 15 is 0 Å². The highest BCUT2D eigenvalue weighted by Crippen LogP contribution is 2.19. The molecule has 1 aliphatic heterocycles. The Hall–Kier alpha value is -2.73. The Labute approximate surface area is 152 Å². The number of aromatic nitrogens is 3. The summed E-state index contributed by atoms with van der Waals surface area (Å²) in [5, 5.41) is 3.13. The molecule has 1 aliphatic rings. The van der Waals surface area contributed by atoms with E-state index in [1.807, 2.05) is 22.9 Å². The van der Waals surface area contributed by atoms with Crippen LogP contribution in [0.5, 0.6) is 0 Å². The van der Waals surface area contributed by atoms with Crippen LogP contribution in [0.3, 0.4) is 0 Å². The first-order valence-electron chi connectivity index (χ1n) is 9.11. The van der Waals surface area contributed by atoms with E-state index < -0.39 is 0 Å². The van der Waals surface area contributed by atoms with E-state index in [0.717, 1.165) is 31.6 Å². The average molecular weight is 349 g/mol. The largest absolute Gasteiger partial charge is 0.347 e. The van der Waals surface area contributed by atoms with Gasteiger partial charge in [-0.25, -0.2) is 9.97 Å². The van der Waals surface area contributed by atoms with Crippen molar-refractivity contribution in [1.82, 2.24) is 24.6 Å². The van der Waals surface area contributed by atoms with Gasteiger partial charge in [0.25, 0.3) is 0 Å². The Bertz CT molecular complexity index is 886. The third-order valence-electron chi connectivity index (χ3n) is 4.93. The highest BCUT2D eigenvalue weighted by molar-refractivity contribution is 5.78. The van der Waals surface area contributed by atoms with Gasteiger partial charge in [-0.2, -0.15) is 0 Å². The molecule has 0 saturated carbocycles. The number of hydrogen-bond donors (Lipinski definition) is 1. The Morgan fingerprint density at radius 1 is 1.27 bits per heavy atom. The van der Waals surface area contributed by atoms with Crippen molar-refractivity contribution >= 4 is 11.7 Å². The molecule has 134 valence electrons. The summed E-state index contributed by atoms with van der Waals surface area (Å²) in [4.78, 5) is 23.6. The standard InChI is InChI=1S/C20H23N5O/c1-2-17(18-13-25-10-5-9-21-20(25)23-18)22-19(26)14-24-11-8-15-6-3-4-7-16(15)12-24/h3-7,9-10,13,17H,2,8,11-12,14H2,1H3,(H,22,26). The van der Waals surface area contributed by atoms with Crippen molar-refractivity contribution in [2.24, 2.45) is 0 Å². The smallest absolute Gasteiger partial charge is 0.234 e. The second-order valence-electron chi connectivity index (χ2n) is 6.75. The molecule has 6 nitrogen and oxygen atoms in total. The molecule has 1 aromatic carbocycles. The molecule has 2 aromatic heterocycles. The lowest BCUT2D eigenvalue weighted by atomic mass is 10.00. The molecule has 0 radical (unpaired) electrons. The molecule has 1 amide bonds. The summed E-state index contributed by atoms with van der Waals surface area (Å²) in [7, 11) is 0. The maximum atomic E-state index is 12.6. The van der Waals surface area contributed by atoms with Crippen LogP contribution in [0.15, 0.2) is 48.9 Å². The van der Waals surface area contributed by atoms with Crippen LogP contribution in [0, 0.1) is 0 Å². The number of nitrogens with zero attached hydrogens (tertiary/aromatic N) is 4. The van der Waals surface area contributed by atoms with Gasteiger partial charge in [0.15, 0.2) is 0 Å². The van der Waals surface area contributed by atoms with E-state index in [0.29, 0.717) is 12.3 Å². The lowest BCUT2D eigenvalue weighted by molar-refractivity contribution is -0.123. The van der Waals surface area contributed by atoms with Gasteiger partial charge >= 0.3 is 0 Å². The lowest BCUT2D eigenvalue weighted by Crippen LogP contribution is -2.41. The summed E-state index contributed by atoms with van der Waals surface area (Å²) in [6.45, 7) is 4.22. The Morgan fingerprint density at radius 2 is 2.12 bits per heavy atom. The second-order valence-corrected chi connectivity index (χ2v) is 6.75. The molecule has 0 spiro atoms. The summed E-state index contributed by atoms with van der Waals surface area (Å²) in [6, 6.07) is 10.2. The first kappa shape index (κ1) is 16.7. The molecule has 0 saturated heterocycles. The van der Waals surface area contributed by atoms with Crippen LogP contribution in [-0.4, -0.2) is 38.3 Å². The van der Waals surface area contributed by atoms with Gasteiger partial charge in [-0.05, 0) is 30.0 Å². The van der Waals surface area contributed by atoms with Gasteiger partial charge < -0.3 is 5.32 Å². The average Bonchev–Trinajstić information content (AvgIpc) is 3.10. The molecule has 1 unspecified atom stereocenters. The number of carbonyl (C=O) groups is 1. The molecule has 26 heavy (non-hydrogen) atoms. The van der Waals surface area contributed by atoms with Gasteiger partial charge in [-0.3, -0.25) is 14.1 Å². The molecule has 0 bridgehead atoms. The summed E-state index contributed by atoms with van der Waals surface area (Å²) in [5.41, 5.74) is 3.57. The predicted octanol–water partition coefficient (Wildman–Crippen LogP) is 2.35. The first-order chi connectivity index (χ1) is 12.7. The van der Waals surface area contributed by atoms with Crippen molar-refractivity contribution < 1.29 is 4.79 Å². The van der Waals surface area contributed by atoms with Gasteiger partial charge in [-0.1, -0.05) is 31.2 Å². The van der Waals surface area contributed by atoms with Crippen LogP contribution < -0.4 is 5.32 Å². The zero-order valence-corrected chi connectivity index (χ0v) is 14.9. The van der Waals surface area contributed by atoms with E-state index in [-0.39, 0.29) is 11.9 Å². The number of rotatable bonds is 5. The molecular weight excluding hydrogens is 326 g/mol. The number of hydrogen-bond acceptors (Lipinski definition) is 4. The van der Waals surface area contributed by atoms with Crippen molar-refractivity contribution in [2.45, 2.75) is 32.4 Å². The first-order valence-corrected chi connectivity index (χ1v) is 9.11. The molecule has 4 rings (SSSR count). The van der Waals surface area contributed by atoms with Crippen LogP contribution in [0.4, 0.5) is 0 Å². The van der Waals surface area contributed by atoms with Crippen LogP contribution in [0.2, 0.25) is 0 Å². The van der Waals surface area contributed by atoms with E-state index in [1.165, 1.54) is 11.1 Å². The molecule has 6 heteroatoms. The van der Waals surface area contributed by atoms with E-state index in [4.69, 9.17) is 0 Å². The Morgan fingerprint density at radius 3 is 2.92 bits per heavy atom. The molecule has 3 heterocycles. The topological polar surface area (TPSA) is 62.5 Å².